The van der Waals surface area contributed by atoms with E-state index in [0.717, 1.165) is 49.2 Å². The van der Waals surface area contributed by atoms with Crippen LogP contribution in [0.3, 0.4) is 0 Å². The average molecular weight is 397 g/mol. The number of urea groups is 1. The molecule has 1 aliphatic rings. The number of piperazine rings is 1. The average Bonchev–Trinajstić information content (AvgIpc) is 2.65. The van der Waals surface area contributed by atoms with Gasteiger partial charge >= 0.3 is 6.03 Å². The van der Waals surface area contributed by atoms with Gasteiger partial charge in [-0.15, -0.1) is 0 Å². The minimum absolute atomic E-state index is 0.0812. The zero-order valence-electron chi connectivity index (χ0n) is 18.3. The van der Waals surface area contributed by atoms with Crippen LogP contribution in [0.4, 0.5) is 22.1 Å². The third kappa shape index (κ3) is 5.23. The van der Waals surface area contributed by atoms with E-state index in [1.165, 1.54) is 5.56 Å². The van der Waals surface area contributed by atoms with E-state index in [4.69, 9.17) is 0 Å². The van der Waals surface area contributed by atoms with Gasteiger partial charge in [0.1, 0.15) is 0 Å². The van der Waals surface area contributed by atoms with Crippen molar-refractivity contribution in [1.82, 2.24) is 14.9 Å². The monoisotopic (exact) mass is 396 g/mol. The van der Waals surface area contributed by atoms with Gasteiger partial charge in [-0.3, -0.25) is 0 Å². The Hall–Kier alpha value is -2.67. The molecule has 156 valence electrons. The summed E-state index contributed by atoms with van der Waals surface area (Å²) < 4.78 is 0. The second-order valence-electron chi connectivity index (χ2n) is 8.77. The van der Waals surface area contributed by atoms with E-state index >= 15 is 0 Å². The molecule has 0 spiro atoms. The van der Waals surface area contributed by atoms with E-state index in [2.05, 4.69) is 58.2 Å². The number of likely N-dealkylation sites (N-methyl/N-ethyl adjacent to an activating group) is 1. The van der Waals surface area contributed by atoms with E-state index in [0.29, 0.717) is 5.69 Å². The molecular formula is C22H32N6O. The minimum atomic E-state index is -0.296. The number of hydrogen-bond donors (Lipinski definition) is 2. The number of aryl methyl sites for hydroxylation is 2. The summed E-state index contributed by atoms with van der Waals surface area (Å²) in [5, 5.41) is 5.79. The molecule has 0 radical (unpaired) electrons. The van der Waals surface area contributed by atoms with Gasteiger partial charge in [-0.1, -0.05) is 32.9 Å². The fourth-order valence-corrected chi connectivity index (χ4v) is 3.36. The molecule has 3 rings (SSSR count). The Morgan fingerprint density at radius 1 is 0.931 bits per heavy atom. The Morgan fingerprint density at radius 3 is 2.00 bits per heavy atom. The molecule has 1 saturated heterocycles. The summed E-state index contributed by atoms with van der Waals surface area (Å²) in [5.41, 5.74) is 4.25. The first-order valence-corrected chi connectivity index (χ1v) is 10.1. The highest BCUT2D eigenvalue weighted by Gasteiger charge is 2.19. The molecule has 2 N–H and O–H groups in total. The fourth-order valence-electron chi connectivity index (χ4n) is 3.36. The first kappa shape index (κ1) is 21.0. The lowest BCUT2D eigenvalue weighted by molar-refractivity contribution is 0.262. The highest BCUT2D eigenvalue weighted by Crippen LogP contribution is 2.24. The number of carbonyl (C=O) groups is 1. The third-order valence-corrected chi connectivity index (χ3v) is 5.29. The number of nitrogens with zero attached hydrogens (tertiary/aromatic N) is 4. The molecule has 0 saturated carbocycles. The Balaban J connectivity index is 1.67. The van der Waals surface area contributed by atoms with Crippen LogP contribution in [0.5, 0.6) is 0 Å². The molecule has 1 aliphatic heterocycles. The molecule has 1 aromatic carbocycles. The molecule has 29 heavy (non-hydrogen) atoms. The SMILES string of the molecule is Cc1nc(N2CCN(C)CC2)nc(C)c1NC(=O)Nc1ccc(C(C)(C)C)cc1. The molecule has 7 heteroatoms. The number of hydrogen-bond acceptors (Lipinski definition) is 5. The van der Waals surface area contributed by atoms with Gasteiger partial charge in [0.2, 0.25) is 5.95 Å². The molecule has 2 aromatic rings. The summed E-state index contributed by atoms with van der Waals surface area (Å²) in [4.78, 5) is 26.3. The van der Waals surface area contributed by atoms with Gasteiger partial charge in [0.15, 0.2) is 0 Å². The predicted molar refractivity (Wildman–Crippen MR) is 119 cm³/mol. The molecule has 0 aliphatic carbocycles. The Bertz CT molecular complexity index is 841. The van der Waals surface area contributed by atoms with Gasteiger partial charge in [0, 0.05) is 31.9 Å². The number of benzene rings is 1. The van der Waals surface area contributed by atoms with Crippen LogP contribution in [-0.4, -0.2) is 54.1 Å². The van der Waals surface area contributed by atoms with Crippen LogP contribution in [0.2, 0.25) is 0 Å². The van der Waals surface area contributed by atoms with Crippen molar-refractivity contribution in [1.29, 1.82) is 0 Å². The van der Waals surface area contributed by atoms with Gasteiger partial charge < -0.3 is 20.4 Å². The van der Waals surface area contributed by atoms with Crippen molar-refractivity contribution in [2.24, 2.45) is 0 Å². The van der Waals surface area contributed by atoms with E-state index in [1.807, 2.05) is 38.1 Å². The minimum Gasteiger partial charge on any atom is -0.338 e. The molecule has 0 bridgehead atoms. The molecule has 1 aromatic heterocycles. The van der Waals surface area contributed by atoms with E-state index in [-0.39, 0.29) is 11.4 Å². The molecule has 2 heterocycles. The van der Waals surface area contributed by atoms with Crippen LogP contribution in [-0.2, 0) is 5.41 Å². The maximum absolute atomic E-state index is 12.5. The van der Waals surface area contributed by atoms with Crippen LogP contribution in [0.15, 0.2) is 24.3 Å². The Labute approximate surface area is 173 Å². The molecule has 2 amide bonds. The van der Waals surface area contributed by atoms with Crippen LogP contribution in [0.1, 0.15) is 37.7 Å². The summed E-state index contributed by atoms with van der Waals surface area (Å²) >= 11 is 0. The maximum Gasteiger partial charge on any atom is 0.323 e. The standard InChI is InChI=1S/C22H32N6O/c1-15-19(16(2)24-20(23-15)28-13-11-27(6)12-14-28)26-21(29)25-18-9-7-17(8-10-18)22(3,4)5/h7-10H,11-14H2,1-6H3,(H2,25,26,29). The van der Waals surface area contributed by atoms with Gasteiger partial charge in [-0.25, -0.2) is 14.8 Å². The van der Waals surface area contributed by atoms with Crippen molar-refractivity contribution in [3.8, 4) is 0 Å². The lowest BCUT2D eigenvalue weighted by Crippen LogP contribution is -2.45. The highest BCUT2D eigenvalue weighted by atomic mass is 16.2. The van der Waals surface area contributed by atoms with Crippen LogP contribution in [0, 0.1) is 13.8 Å². The van der Waals surface area contributed by atoms with Crippen molar-refractivity contribution >= 4 is 23.4 Å². The van der Waals surface area contributed by atoms with Crippen LogP contribution < -0.4 is 15.5 Å². The number of anilines is 3. The van der Waals surface area contributed by atoms with Gasteiger partial charge in [0.05, 0.1) is 17.1 Å². The second-order valence-corrected chi connectivity index (χ2v) is 8.77. The molecule has 7 nitrogen and oxygen atoms in total. The molecule has 0 atom stereocenters. The van der Waals surface area contributed by atoms with Crippen molar-refractivity contribution in [2.75, 3.05) is 48.8 Å². The number of aromatic nitrogens is 2. The van der Waals surface area contributed by atoms with Crippen LogP contribution in [0.25, 0.3) is 0 Å². The normalized spacial score (nSPS) is 15.3. The van der Waals surface area contributed by atoms with Crippen molar-refractivity contribution in [3.05, 3.63) is 41.2 Å². The Kier molecular flexibility index (Phi) is 6.07. The van der Waals surface area contributed by atoms with Gasteiger partial charge in [-0.05, 0) is 44.0 Å². The van der Waals surface area contributed by atoms with E-state index < -0.39 is 0 Å². The largest absolute Gasteiger partial charge is 0.338 e. The number of carbonyl (C=O) groups excluding carboxylic acids is 1. The third-order valence-electron chi connectivity index (χ3n) is 5.29. The smallest absolute Gasteiger partial charge is 0.323 e. The van der Waals surface area contributed by atoms with Crippen LogP contribution >= 0.6 is 0 Å². The fraction of sp³-hybridized carbons (Fsp3) is 0.500. The highest BCUT2D eigenvalue weighted by molar-refractivity contribution is 6.00. The lowest BCUT2D eigenvalue weighted by atomic mass is 9.87. The predicted octanol–water partition coefficient (Wildman–Crippen LogP) is 3.79. The summed E-state index contributed by atoms with van der Waals surface area (Å²) in [6, 6.07) is 7.63. The van der Waals surface area contributed by atoms with E-state index in [9.17, 15) is 4.79 Å². The van der Waals surface area contributed by atoms with Gasteiger partial charge in [0.25, 0.3) is 0 Å². The topological polar surface area (TPSA) is 73.4 Å². The maximum atomic E-state index is 12.5. The van der Waals surface area contributed by atoms with Crippen molar-refractivity contribution in [3.63, 3.8) is 0 Å². The summed E-state index contributed by atoms with van der Waals surface area (Å²) in [5.74, 6) is 0.733. The molecule has 0 unspecified atom stereocenters. The number of rotatable bonds is 3. The second kappa shape index (κ2) is 8.37. The van der Waals surface area contributed by atoms with Gasteiger partial charge in [-0.2, -0.15) is 0 Å². The quantitative estimate of drug-likeness (QED) is 0.826. The molecular weight excluding hydrogens is 364 g/mol. The first-order valence-electron chi connectivity index (χ1n) is 10.1. The molecule has 1 fully saturated rings. The summed E-state index contributed by atoms with van der Waals surface area (Å²) in [6.45, 7) is 14.1. The van der Waals surface area contributed by atoms with E-state index in [1.54, 1.807) is 0 Å². The zero-order chi connectivity index (χ0) is 21.2. The first-order chi connectivity index (χ1) is 13.6. The van der Waals surface area contributed by atoms with Crippen molar-refractivity contribution in [2.45, 2.75) is 40.0 Å². The lowest BCUT2D eigenvalue weighted by Gasteiger charge is -2.32. The zero-order valence-corrected chi connectivity index (χ0v) is 18.3. The number of amides is 2. The Morgan fingerprint density at radius 2 is 1.48 bits per heavy atom. The van der Waals surface area contributed by atoms with Crippen molar-refractivity contribution < 1.29 is 4.79 Å². The summed E-state index contributed by atoms with van der Waals surface area (Å²) in [7, 11) is 2.12. The number of nitrogens with one attached hydrogen (secondary N) is 2. The summed E-state index contributed by atoms with van der Waals surface area (Å²) in [6.07, 6.45) is 0.